The minimum Gasteiger partial charge on any atom is -0.461 e. The van der Waals surface area contributed by atoms with Gasteiger partial charge in [-0.25, -0.2) is 0 Å². The Balaban J connectivity index is 1.46. The summed E-state index contributed by atoms with van der Waals surface area (Å²) in [7, 11) is 0. The summed E-state index contributed by atoms with van der Waals surface area (Å²) in [6.45, 7) is 0.458. The van der Waals surface area contributed by atoms with Crippen LogP contribution < -0.4 is 5.32 Å². The van der Waals surface area contributed by atoms with Crippen molar-refractivity contribution >= 4 is 5.69 Å². The van der Waals surface area contributed by atoms with Crippen LogP contribution in [-0.2, 0) is 13.0 Å². The van der Waals surface area contributed by atoms with E-state index in [1.807, 2.05) is 18.2 Å². The number of rotatable bonds is 6. The molecular formula is C20H17N3O2. The van der Waals surface area contributed by atoms with E-state index in [1.54, 1.807) is 18.4 Å². The summed E-state index contributed by atoms with van der Waals surface area (Å²) in [5.74, 6) is 1.57. The third kappa shape index (κ3) is 3.61. The number of aromatic nitrogens is 2. The minimum atomic E-state index is 0.458. The first kappa shape index (κ1) is 15.2. The van der Waals surface area contributed by atoms with E-state index in [1.165, 1.54) is 11.1 Å². The number of benzene rings is 2. The molecule has 2 heterocycles. The van der Waals surface area contributed by atoms with Gasteiger partial charge in [0.25, 0.3) is 0 Å². The average Bonchev–Trinajstić information content (AvgIpc) is 3.33. The normalized spacial score (nSPS) is 10.7. The predicted molar refractivity (Wildman–Crippen MR) is 95.0 cm³/mol. The van der Waals surface area contributed by atoms with Gasteiger partial charge in [-0.05, 0) is 35.7 Å². The Morgan fingerprint density at radius 3 is 2.56 bits per heavy atom. The molecule has 25 heavy (non-hydrogen) atoms. The summed E-state index contributed by atoms with van der Waals surface area (Å²) in [5.41, 5.74) is 3.55. The van der Waals surface area contributed by atoms with Crippen molar-refractivity contribution in [2.75, 3.05) is 5.32 Å². The van der Waals surface area contributed by atoms with E-state index >= 15 is 0 Å². The van der Waals surface area contributed by atoms with Gasteiger partial charge in [0, 0.05) is 5.69 Å². The molecule has 0 aliphatic rings. The van der Waals surface area contributed by atoms with Crippen LogP contribution in [0, 0.1) is 0 Å². The monoisotopic (exact) mass is 331 g/mol. The van der Waals surface area contributed by atoms with E-state index < -0.39 is 0 Å². The standard InChI is InChI=1S/C20H17N3O2/c1-2-7-15(8-3-1)13-16-9-4-5-10-17(16)21-14-19-22-20(23-25-19)18-11-6-12-24-18/h1-12,21H,13-14H2. The van der Waals surface area contributed by atoms with Gasteiger partial charge in [-0.15, -0.1) is 0 Å². The second-order valence-corrected chi connectivity index (χ2v) is 5.66. The lowest BCUT2D eigenvalue weighted by atomic mass is 10.0. The largest absolute Gasteiger partial charge is 0.461 e. The second kappa shape index (κ2) is 7.05. The van der Waals surface area contributed by atoms with Crippen LogP contribution in [0.1, 0.15) is 17.0 Å². The second-order valence-electron chi connectivity index (χ2n) is 5.66. The molecule has 0 bridgehead atoms. The molecular weight excluding hydrogens is 314 g/mol. The average molecular weight is 331 g/mol. The third-order valence-electron chi connectivity index (χ3n) is 3.89. The summed E-state index contributed by atoms with van der Waals surface area (Å²) in [6, 6.07) is 22.2. The van der Waals surface area contributed by atoms with Gasteiger partial charge in [-0.2, -0.15) is 4.98 Å². The molecule has 0 spiro atoms. The SMILES string of the molecule is c1ccc(Cc2ccccc2NCc2nc(-c3ccco3)no2)cc1. The Bertz CT molecular complexity index is 931. The Labute approximate surface area is 145 Å². The molecule has 4 aromatic rings. The molecule has 2 aromatic heterocycles. The fourth-order valence-corrected chi connectivity index (χ4v) is 2.67. The van der Waals surface area contributed by atoms with Crippen molar-refractivity contribution in [1.29, 1.82) is 0 Å². The third-order valence-corrected chi connectivity index (χ3v) is 3.89. The number of hydrogen-bond donors (Lipinski definition) is 1. The van der Waals surface area contributed by atoms with Crippen molar-refractivity contribution in [3.05, 3.63) is 90.0 Å². The quantitative estimate of drug-likeness (QED) is 0.562. The van der Waals surface area contributed by atoms with Gasteiger partial charge in [-0.3, -0.25) is 0 Å². The molecule has 4 rings (SSSR count). The van der Waals surface area contributed by atoms with E-state index in [4.69, 9.17) is 8.94 Å². The zero-order valence-electron chi connectivity index (χ0n) is 13.6. The molecule has 0 aliphatic heterocycles. The predicted octanol–water partition coefficient (Wildman–Crippen LogP) is 4.53. The van der Waals surface area contributed by atoms with Gasteiger partial charge in [-0.1, -0.05) is 53.7 Å². The van der Waals surface area contributed by atoms with Crippen molar-refractivity contribution < 1.29 is 8.94 Å². The van der Waals surface area contributed by atoms with Gasteiger partial charge in [0.15, 0.2) is 5.76 Å². The molecule has 0 amide bonds. The van der Waals surface area contributed by atoms with Gasteiger partial charge >= 0.3 is 0 Å². The molecule has 0 unspecified atom stereocenters. The van der Waals surface area contributed by atoms with Crippen LogP contribution in [0.15, 0.2) is 81.9 Å². The molecule has 0 aliphatic carbocycles. The number of anilines is 1. The first-order chi connectivity index (χ1) is 12.4. The number of nitrogens with zero attached hydrogens (tertiary/aromatic N) is 2. The molecule has 0 radical (unpaired) electrons. The fraction of sp³-hybridized carbons (Fsp3) is 0.100. The van der Waals surface area contributed by atoms with Crippen LogP contribution in [0.2, 0.25) is 0 Å². The zero-order valence-corrected chi connectivity index (χ0v) is 13.6. The Kier molecular flexibility index (Phi) is 4.29. The Hall–Kier alpha value is -3.34. The zero-order chi connectivity index (χ0) is 16.9. The molecule has 0 saturated heterocycles. The van der Waals surface area contributed by atoms with Gasteiger partial charge in [0.1, 0.15) is 0 Å². The lowest BCUT2D eigenvalue weighted by Gasteiger charge is -2.10. The highest BCUT2D eigenvalue weighted by atomic mass is 16.5. The van der Waals surface area contributed by atoms with Crippen LogP contribution in [0.25, 0.3) is 11.6 Å². The van der Waals surface area contributed by atoms with Crippen molar-refractivity contribution in [2.45, 2.75) is 13.0 Å². The van der Waals surface area contributed by atoms with Crippen LogP contribution >= 0.6 is 0 Å². The van der Waals surface area contributed by atoms with Crippen molar-refractivity contribution in [1.82, 2.24) is 10.1 Å². The summed E-state index contributed by atoms with van der Waals surface area (Å²) < 4.78 is 10.6. The summed E-state index contributed by atoms with van der Waals surface area (Å²) in [4.78, 5) is 4.35. The first-order valence-electron chi connectivity index (χ1n) is 8.10. The maximum absolute atomic E-state index is 5.28. The highest BCUT2D eigenvalue weighted by Gasteiger charge is 2.11. The molecule has 0 saturated carbocycles. The fourth-order valence-electron chi connectivity index (χ4n) is 2.67. The number of nitrogens with one attached hydrogen (secondary N) is 1. The van der Waals surface area contributed by atoms with Crippen LogP contribution in [0.4, 0.5) is 5.69 Å². The van der Waals surface area contributed by atoms with E-state index in [9.17, 15) is 0 Å². The topological polar surface area (TPSA) is 64.1 Å². The van der Waals surface area contributed by atoms with Crippen molar-refractivity contribution in [2.24, 2.45) is 0 Å². The van der Waals surface area contributed by atoms with E-state index in [-0.39, 0.29) is 0 Å². The summed E-state index contributed by atoms with van der Waals surface area (Å²) in [6.07, 6.45) is 2.45. The van der Waals surface area contributed by atoms with E-state index in [2.05, 4.69) is 51.9 Å². The van der Waals surface area contributed by atoms with Crippen LogP contribution in [-0.4, -0.2) is 10.1 Å². The molecule has 2 aromatic carbocycles. The van der Waals surface area contributed by atoms with Crippen LogP contribution in [0.3, 0.4) is 0 Å². The first-order valence-corrected chi connectivity index (χ1v) is 8.10. The maximum atomic E-state index is 5.28. The molecule has 5 heteroatoms. The minimum absolute atomic E-state index is 0.458. The summed E-state index contributed by atoms with van der Waals surface area (Å²) >= 11 is 0. The van der Waals surface area contributed by atoms with Gasteiger partial charge < -0.3 is 14.3 Å². The lowest BCUT2D eigenvalue weighted by molar-refractivity contribution is 0.382. The lowest BCUT2D eigenvalue weighted by Crippen LogP contribution is -2.03. The molecule has 5 nitrogen and oxygen atoms in total. The summed E-state index contributed by atoms with van der Waals surface area (Å²) in [5, 5.41) is 7.32. The Morgan fingerprint density at radius 1 is 0.880 bits per heavy atom. The number of hydrogen-bond acceptors (Lipinski definition) is 5. The maximum Gasteiger partial charge on any atom is 0.246 e. The van der Waals surface area contributed by atoms with Crippen molar-refractivity contribution in [3.8, 4) is 11.6 Å². The van der Waals surface area contributed by atoms with E-state index in [0.717, 1.165) is 12.1 Å². The van der Waals surface area contributed by atoms with Crippen LogP contribution in [0.5, 0.6) is 0 Å². The molecule has 0 fully saturated rings. The highest BCUT2D eigenvalue weighted by Crippen LogP contribution is 2.20. The van der Waals surface area contributed by atoms with E-state index in [0.29, 0.717) is 24.0 Å². The smallest absolute Gasteiger partial charge is 0.246 e. The van der Waals surface area contributed by atoms with Gasteiger partial charge in [0.2, 0.25) is 11.7 Å². The molecule has 124 valence electrons. The van der Waals surface area contributed by atoms with Gasteiger partial charge in [0.05, 0.1) is 12.8 Å². The Morgan fingerprint density at radius 2 is 1.72 bits per heavy atom. The number of para-hydroxylation sites is 1. The molecule has 0 atom stereocenters. The molecule has 1 N–H and O–H groups in total. The van der Waals surface area contributed by atoms with Crippen molar-refractivity contribution in [3.63, 3.8) is 0 Å². The highest BCUT2D eigenvalue weighted by molar-refractivity contribution is 5.53. The number of furan rings is 1.